The van der Waals surface area contributed by atoms with Gasteiger partial charge in [-0.1, -0.05) is 52.0 Å². The molecule has 1 fully saturated rings. The van der Waals surface area contributed by atoms with Gasteiger partial charge >= 0.3 is 0 Å². The van der Waals surface area contributed by atoms with Gasteiger partial charge in [0.1, 0.15) is 5.78 Å². The Bertz CT molecular complexity index is 459. The van der Waals surface area contributed by atoms with E-state index in [-0.39, 0.29) is 5.41 Å². The van der Waals surface area contributed by atoms with Crippen molar-refractivity contribution in [3.63, 3.8) is 0 Å². The van der Waals surface area contributed by atoms with E-state index in [2.05, 4.69) is 56.9 Å². The molecule has 1 atom stereocenters. The van der Waals surface area contributed by atoms with Gasteiger partial charge in [-0.3, -0.25) is 4.79 Å². The van der Waals surface area contributed by atoms with Crippen molar-refractivity contribution in [1.82, 2.24) is 4.90 Å². The summed E-state index contributed by atoms with van der Waals surface area (Å²) in [5.74, 6) is 1.07. The normalized spacial score (nSPS) is 18.8. The van der Waals surface area contributed by atoms with Crippen LogP contribution in [0.3, 0.4) is 0 Å². The maximum Gasteiger partial charge on any atom is 0.135 e. The van der Waals surface area contributed by atoms with Crippen molar-refractivity contribution in [1.29, 1.82) is 0 Å². The van der Waals surface area contributed by atoms with Crippen LogP contribution in [0.15, 0.2) is 24.3 Å². The summed E-state index contributed by atoms with van der Waals surface area (Å²) in [7, 11) is 0. The number of carbonyl (C=O) groups excluding carboxylic acids is 1. The van der Waals surface area contributed by atoms with Gasteiger partial charge in [0, 0.05) is 32.5 Å². The third-order valence-corrected chi connectivity index (χ3v) is 4.39. The lowest BCUT2D eigenvalue weighted by Gasteiger charge is -2.28. The molecule has 1 unspecified atom stereocenters. The van der Waals surface area contributed by atoms with E-state index in [1.807, 2.05) is 0 Å². The van der Waals surface area contributed by atoms with E-state index < -0.39 is 0 Å². The molecular formula is C19H29NO. The van der Waals surface area contributed by atoms with E-state index in [1.165, 1.54) is 11.1 Å². The molecule has 0 radical (unpaired) electrons. The molecule has 1 aromatic rings. The molecule has 1 heterocycles. The average molecular weight is 287 g/mol. The summed E-state index contributed by atoms with van der Waals surface area (Å²) in [4.78, 5) is 13.7. The van der Waals surface area contributed by atoms with Gasteiger partial charge in [-0.15, -0.1) is 0 Å². The molecule has 1 aromatic carbocycles. The minimum Gasteiger partial charge on any atom is -0.302 e. The Balaban J connectivity index is 1.85. The highest BCUT2D eigenvalue weighted by molar-refractivity contribution is 5.79. The fourth-order valence-corrected chi connectivity index (χ4v) is 3.03. The van der Waals surface area contributed by atoms with Gasteiger partial charge in [-0.2, -0.15) is 0 Å². The molecule has 0 spiro atoms. The number of piperidine rings is 1. The van der Waals surface area contributed by atoms with Crippen LogP contribution in [0.25, 0.3) is 0 Å². The number of benzene rings is 1. The molecule has 0 aromatic heterocycles. The molecule has 1 saturated heterocycles. The number of likely N-dealkylation sites (tertiary alicyclic amines) is 1. The minimum absolute atomic E-state index is 0.227. The Kier molecular flexibility index (Phi) is 5.21. The van der Waals surface area contributed by atoms with E-state index in [4.69, 9.17) is 0 Å². The Morgan fingerprint density at radius 3 is 2.19 bits per heavy atom. The van der Waals surface area contributed by atoms with Crippen molar-refractivity contribution in [2.24, 2.45) is 5.92 Å². The second-order valence-corrected chi connectivity index (χ2v) is 7.60. The van der Waals surface area contributed by atoms with Gasteiger partial charge < -0.3 is 4.90 Å². The Morgan fingerprint density at radius 2 is 1.67 bits per heavy atom. The molecule has 21 heavy (non-hydrogen) atoms. The van der Waals surface area contributed by atoms with Crippen molar-refractivity contribution in [2.75, 3.05) is 19.6 Å². The predicted molar refractivity (Wildman–Crippen MR) is 88.7 cm³/mol. The van der Waals surface area contributed by atoms with Crippen LogP contribution in [0.4, 0.5) is 0 Å². The van der Waals surface area contributed by atoms with Crippen LogP contribution in [-0.2, 0) is 16.6 Å². The van der Waals surface area contributed by atoms with Gasteiger partial charge in [0.05, 0.1) is 0 Å². The number of Topliss-reactive ketones (excluding diaryl/α,β-unsaturated/α-hetero) is 1. The first-order valence-electron chi connectivity index (χ1n) is 8.18. The SMILES string of the molecule is CC(Cc1ccc(C(C)(C)C)cc1)CN1CCC(=O)CC1. The molecule has 0 N–H and O–H groups in total. The van der Waals surface area contributed by atoms with E-state index in [1.54, 1.807) is 0 Å². The van der Waals surface area contributed by atoms with Gasteiger partial charge in [-0.25, -0.2) is 0 Å². The van der Waals surface area contributed by atoms with Crippen LogP contribution in [0.1, 0.15) is 51.7 Å². The van der Waals surface area contributed by atoms with E-state index in [0.29, 0.717) is 11.7 Å². The number of ketones is 1. The monoisotopic (exact) mass is 287 g/mol. The number of carbonyl (C=O) groups is 1. The summed E-state index contributed by atoms with van der Waals surface area (Å²) in [6.45, 7) is 12.1. The fourth-order valence-electron chi connectivity index (χ4n) is 3.03. The third-order valence-electron chi connectivity index (χ3n) is 4.39. The molecule has 2 heteroatoms. The lowest BCUT2D eigenvalue weighted by molar-refractivity contribution is -0.121. The van der Waals surface area contributed by atoms with Crippen LogP contribution in [0, 0.1) is 5.92 Å². The highest BCUT2D eigenvalue weighted by Gasteiger charge is 2.18. The van der Waals surface area contributed by atoms with Crippen LogP contribution < -0.4 is 0 Å². The highest BCUT2D eigenvalue weighted by atomic mass is 16.1. The van der Waals surface area contributed by atoms with Gasteiger partial charge in [0.25, 0.3) is 0 Å². The average Bonchev–Trinajstić information content (AvgIpc) is 2.41. The van der Waals surface area contributed by atoms with Crippen LogP contribution >= 0.6 is 0 Å². The molecule has 2 rings (SSSR count). The van der Waals surface area contributed by atoms with E-state index in [9.17, 15) is 4.79 Å². The number of hydrogen-bond donors (Lipinski definition) is 0. The smallest absolute Gasteiger partial charge is 0.135 e. The predicted octanol–water partition coefficient (Wildman–Crippen LogP) is 3.83. The highest BCUT2D eigenvalue weighted by Crippen LogP contribution is 2.23. The second-order valence-electron chi connectivity index (χ2n) is 7.60. The standard InChI is InChI=1S/C19H29NO/c1-15(14-20-11-9-18(21)10-12-20)13-16-5-7-17(8-6-16)19(2,3)4/h5-8,15H,9-14H2,1-4H3. The van der Waals surface area contributed by atoms with Gasteiger partial charge in [0.2, 0.25) is 0 Å². The quantitative estimate of drug-likeness (QED) is 0.839. The van der Waals surface area contributed by atoms with Crippen molar-refractivity contribution in [3.05, 3.63) is 35.4 Å². The molecular weight excluding hydrogens is 258 g/mol. The van der Waals surface area contributed by atoms with Crippen molar-refractivity contribution in [2.45, 2.75) is 52.4 Å². The van der Waals surface area contributed by atoms with Crippen molar-refractivity contribution < 1.29 is 4.79 Å². The molecule has 0 saturated carbocycles. The topological polar surface area (TPSA) is 20.3 Å². The van der Waals surface area contributed by atoms with Crippen molar-refractivity contribution in [3.8, 4) is 0 Å². The molecule has 0 bridgehead atoms. The fraction of sp³-hybridized carbons (Fsp3) is 0.632. The van der Waals surface area contributed by atoms with Gasteiger partial charge in [0.15, 0.2) is 0 Å². The van der Waals surface area contributed by atoms with E-state index in [0.717, 1.165) is 38.9 Å². The summed E-state index contributed by atoms with van der Waals surface area (Å²) < 4.78 is 0. The first kappa shape index (κ1) is 16.2. The Hall–Kier alpha value is -1.15. The van der Waals surface area contributed by atoms with Crippen LogP contribution in [0.2, 0.25) is 0 Å². The van der Waals surface area contributed by atoms with Crippen LogP contribution in [0.5, 0.6) is 0 Å². The molecule has 0 amide bonds. The van der Waals surface area contributed by atoms with Crippen molar-refractivity contribution >= 4 is 5.78 Å². The lowest BCUT2D eigenvalue weighted by Crippen LogP contribution is -2.37. The second kappa shape index (κ2) is 6.74. The van der Waals surface area contributed by atoms with E-state index >= 15 is 0 Å². The first-order chi connectivity index (χ1) is 9.84. The summed E-state index contributed by atoms with van der Waals surface area (Å²) in [6.07, 6.45) is 2.61. The largest absolute Gasteiger partial charge is 0.302 e. The molecule has 2 nitrogen and oxygen atoms in total. The first-order valence-corrected chi connectivity index (χ1v) is 8.18. The molecule has 1 aliphatic rings. The zero-order chi connectivity index (χ0) is 15.5. The third kappa shape index (κ3) is 4.96. The number of nitrogens with zero attached hydrogens (tertiary/aromatic N) is 1. The van der Waals surface area contributed by atoms with Gasteiger partial charge in [-0.05, 0) is 28.9 Å². The summed E-state index contributed by atoms with van der Waals surface area (Å²) in [5.41, 5.74) is 3.04. The minimum atomic E-state index is 0.227. The summed E-state index contributed by atoms with van der Waals surface area (Å²) in [5, 5.41) is 0. The zero-order valence-electron chi connectivity index (χ0n) is 14.0. The molecule has 1 aliphatic heterocycles. The maximum atomic E-state index is 11.3. The maximum absolute atomic E-state index is 11.3. The Morgan fingerprint density at radius 1 is 1.10 bits per heavy atom. The number of rotatable bonds is 4. The zero-order valence-corrected chi connectivity index (χ0v) is 14.0. The Labute approximate surface area is 129 Å². The number of hydrogen-bond acceptors (Lipinski definition) is 2. The lowest BCUT2D eigenvalue weighted by atomic mass is 9.86. The molecule has 0 aliphatic carbocycles. The summed E-state index contributed by atoms with van der Waals surface area (Å²) >= 11 is 0. The summed E-state index contributed by atoms with van der Waals surface area (Å²) in [6, 6.07) is 9.08. The molecule has 116 valence electrons. The van der Waals surface area contributed by atoms with Crippen LogP contribution in [-0.4, -0.2) is 30.3 Å².